The lowest BCUT2D eigenvalue weighted by atomic mass is 10.1. The zero-order valence-corrected chi connectivity index (χ0v) is 15.5. The maximum Gasteiger partial charge on any atom is 0.243 e. The number of halogens is 1. The first-order chi connectivity index (χ1) is 12.5. The smallest absolute Gasteiger partial charge is 0.243 e. The van der Waals surface area contributed by atoms with Crippen LogP contribution in [-0.2, 0) is 4.79 Å². The van der Waals surface area contributed by atoms with Crippen LogP contribution in [0, 0.1) is 0 Å². The van der Waals surface area contributed by atoms with Gasteiger partial charge in [-0.1, -0.05) is 23.7 Å². The number of hydrogen-bond donors (Lipinski definition) is 2. The Hall–Kier alpha value is -2.53. The van der Waals surface area contributed by atoms with E-state index in [-0.39, 0.29) is 18.2 Å². The molecule has 136 valence electrons. The second-order valence-electron chi connectivity index (χ2n) is 6.36. The van der Waals surface area contributed by atoms with E-state index in [2.05, 4.69) is 15.5 Å². The Labute approximate surface area is 158 Å². The number of nitrogens with one attached hydrogen (secondary N) is 2. The SMILES string of the molecule is CC(=O)c1ccccc1NC(=O)CNc1cc(Cl)ccc1N1CCCC1. The van der Waals surface area contributed by atoms with Gasteiger partial charge in [0, 0.05) is 23.7 Å². The molecule has 3 rings (SSSR count). The monoisotopic (exact) mass is 371 g/mol. The van der Waals surface area contributed by atoms with E-state index >= 15 is 0 Å². The number of ketones is 1. The number of para-hydroxylation sites is 1. The zero-order chi connectivity index (χ0) is 18.5. The van der Waals surface area contributed by atoms with Crippen LogP contribution in [0.1, 0.15) is 30.1 Å². The summed E-state index contributed by atoms with van der Waals surface area (Å²) in [7, 11) is 0. The number of amides is 1. The Morgan fingerprint density at radius 2 is 1.81 bits per heavy atom. The van der Waals surface area contributed by atoms with E-state index in [0.717, 1.165) is 24.5 Å². The van der Waals surface area contributed by atoms with Crippen LogP contribution in [0.15, 0.2) is 42.5 Å². The lowest BCUT2D eigenvalue weighted by molar-refractivity contribution is -0.114. The minimum Gasteiger partial charge on any atom is -0.374 e. The van der Waals surface area contributed by atoms with Crippen LogP contribution in [0.4, 0.5) is 17.1 Å². The van der Waals surface area contributed by atoms with E-state index in [1.807, 2.05) is 18.2 Å². The van der Waals surface area contributed by atoms with Crippen molar-refractivity contribution in [2.75, 3.05) is 35.2 Å². The van der Waals surface area contributed by atoms with Crippen molar-refractivity contribution in [2.24, 2.45) is 0 Å². The fraction of sp³-hybridized carbons (Fsp3) is 0.300. The highest BCUT2D eigenvalue weighted by atomic mass is 35.5. The van der Waals surface area contributed by atoms with E-state index in [9.17, 15) is 9.59 Å². The first-order valence-electron chi connectivity index (χ1n) is 8.73. The third kappa shape index (κ3) is 4.35. The van der Waals surface area contributed by atoms with Gasteiger partial charge in [-0.2, -0.15) is 0 Å². The topological polar surface area (TPSA) is 61.4 Å². The van der Waals surface area contributed by atoms with Crippen molar-refractivity contribution < 1.29 is 9.59 Å². The van der Waals surface area contributed by atoms with Crippen LogP contribution < -0.4 is 15.5 Å². The molecule has 2 N–H and O–H groups in total. The zero-order valence-electron chi connectivity index (χ0n) is 14.7. The molecule has 1 amide bonds. The molecule has 1 heterocycles. The number of rotatable bonds is 6. The predicted octanol–water partition coefficient (Wildman–Crippen LogP) is 4.19. The Morgan fingerprint density at radius 1 is 1.08 bits per heavy atom. The van der Waals surface area contributed by atoms with Gasteiger partial charge in [0.25, 0.3) is 0 Å². The number of benzene rings is 2. The number of hydrogen-bond acceptors (Lipinski definition) is 4. The molecule has 6 heteroatoms. The number of anilines is 3. The summed E-state index contributed by atoms with van der Waals surface area (Å²) in [4.78, 5) is 26.3. The number of nitrogens with zero attached hydrogens (tertiary/aromatic N) is 1. The molecule has 0 bridgehead atoms. The maximum atomic E-state index is 12.3. The fourth-order valence-corrected chi connectivity index (χ4v) is 3.32. The Bertz CT molecular complexity index is 816. The van der Waals surface area contributed by atoms with Gasteiger partial charge >= 0.3 is 0 Å². The Balaban J connectivity index is 1.68. The van der Waals surface area contributed by atoms with E-state index in [4.69, 9.17) is 11.6 Å². The van der Waals surface area contributed by atoms with Crippen molar-refractivity contribution in [3.05, 3.63) is 53.1 Å². The van der Waals surface area contributed by atoms with E-state index in [1.165, 1.54) is 19.8 Å². The second-order valence-corrected chi connectivity index (χ2v) is 6.80. The fourth-order valence-electron chi connectivity index (χ4n) is 3.15. The van der Waals surface area contributed by atoms with Crippen molar-refractivity contribution in [1.82, 2.24) is 0 Å². The molecule has 2 aromatic rings. The maximum absolute atomic E-state index is 12.3. The third-order valence-corrected chi connectivity index (χ3v) is 4.66. The normalized spacial score (nSPS) is 13.5. The van der Waals surface area contributed by atoms with Crippen molar-refractivity contribution in [3.63, 3.8) is 0 Å². The summed E-state index contributed by atoms with van der Waals surface area (Å²) < 4.78 is 0. The lowest BCUT2D eigenvalue weighted by Crippen LogP contribution is -2.24. The average molecular weight is 372 g/mol. The van der Waals surface area contributed by atoms with Crippen LogP contribution in [-0.4, -0.2) is 31.3 Å². The van der Waals surface area contributed by atoms with Crippen LogP contribution in [0.5, 0.6) is 0 Å². The van der Waals surface area contributed by atoms with Gasteiger partial charge in [-0.15, -0.1) is 0 Å². The highest BCUT2D eigenvalue weighted by Crippen LogP contribution is 2.31. The predicted molar refractivity (Wildman–Crippen MR) is 106 cm³/mol. The Kier molecular flexibility index (Phi) is 5.78. The molecule has 0 aliphatic carbocycles. The molecule has 0 aromatic heterocycles. The van der Waals surface area contributed by atoms with E-state index in [1.54, 1.807) is 24.3 Å². The van der Waals surface area contributed by atoms with Gasteiger partial charge < -0.3 is 15.5 Å². The number of Topliss-reactive ketones (excluding diaryl/α,β-unsaturated/α-hetero) is 1. The van der Waals surface area contributed by atoms with Crippen molar-refractivity contribution in [3.8, 4) is 0 Å². The summed E-state index contributed by atoms with van der Waals surface area (Å²) in [6.07, 6.45) is 2.34. The molecule has 0 atom stereocenters. The summed E-state index contributed by atoms with van der Waals surface area (Å²) in [5.74, 6) is -0.300. The molecule has 5 nitrogen and oxygen atoms in total. The summed E-state index contributed by atoms with van der Waals surface area (Å²) in [6, 6.07) is 12.7. The molecule has 2 aromatic carbocycles. The number of carbonyl (C=O) groups excluding carboxylic acids is 2. The summed E-state index contributed by atoms with van der Waals surface area (Å²) in [5, 5.41) is 6.60. The molecule has 1 fully saturated rings. The van der Waals surface area contributed by atoms with Gasteiger partial charge in [0.05, 0.1) is 23.6 Å². The minimum atomic E-state index is -0.217. The van der Waals surface area contributed by atoms with Crippen LogP contribution in [0.25, 0.3) is 0 Å². The largest absolute Gasteiger partial charge is 0.374 e. The second kappa shape index (κ2) is 8.23. The number of carbonyl (C=O) groups is 2. The van der Waals surface area contributed by atoms with Gasteiger partial charge in [0.15, 0.2) is 5.78 Å². The highest BCUT2D eigenvalue weighted by molar-refractivity contribution is 6.31. The van der Waals surface area contributed by atoms with E-state index < -0.39 is 0 Å². The van der Waals surface area contributed by atoms with Crippen LogP contribution >= 0.6 is 11.6 Å². The Morgan fingerprint density at radius 3 is 2.54 bits per heavy atom. The van der Waals surface area contributed by atoms with Crippen molar-refractivity contribution in [2.45, 2.75) is 19.8 Å². The van der Waals surface area contributed by atoms with Crippen molar-refractivity contribution >= 4 is 40.4 Å². The molecule has 0 saturated carbocycles. The first kappa shape index (κ1) is 18.3. The molecule has 1 saturated heterocycles. The molecule has 0 radical (unpaired) electrons. The molecule has 1 aliphatic rings. The molecular weight excluding hydrogens is 350 g/mol. The van der Waals surface area contributed by atoms with Gasteiger partial charge in [-0.05, 0) is 50.1 Å². The van der Waals surface area contributed by atoms with Gasteiger partial charge in [-0.25, -0.2) is 0 Å². The lowest BCUT2D eigenvalue weighted by Gasteiger charge is -2.22. The standard InChI is InChI=1S/C20H22ClN3O2/c1-14(25)16-6-2-3-7-17(16)23-20(26)13-22-18-12-15(21)8-9-19(18)24-10-4-5-11-24/h2-3,6-9,12,22H,4-5,10-11,13H2,1H3,(H,23,26). The molecular formula is C20H22ClN3O2. The van der Waals surface area contributed by atoms with Gasteiger partial charge in [0.2, 0.25) is 5.91 Å². The minimum absolute atomic E-state index is 0.0833. The van der Waals surface area contributed by atoms with Crippen LogP contribution in [0.2, 0.25) is 5.02 Å². The van der Waals surface area contributed by atoms with Gasteiger partial charge in [0.1, 0.15) is 0 Å². The third-order valence-electron chi connectivity index (χ3n) is 4.43. The quantitative estimate of drug-likeness (QED) is 0.747. The summed E-state index contributed by atoms with van der Waals surface area (Å²) in [5.41, 5.74) is 2.93. The molecule has 1 aliphatic heterocycles. The first-order valence-corrected chi connectivity index (χ1v) is 9.10. The molecule has 0 spiro atoms. The highest BCUT2D eigenvalue weighted by Gasteiger charge is 2.17. The van der Waals surface area contributed by atoms with E-state index in [0.29, 0.717) is 16.3 Å². The summed E-state index contributed by atoms with van der Waals surface area (Å²) >= 11 is 6.13. The van der Waals surface area contributed by atoms with Crippen molar-refractivity contribution in [1.29, 1.82) is 0 Å². The molecule has 26 heavy (non-hydrogen) atoms. The van der Waals surface area contributed by atoms with Gasteiger partial charge in [-0.3, -0.25) is 9.59 Å². The molecule has 0 unspecified atom stereocenters. The average Bonchev–Trinajstić information content (AvgIpc) is 3.14. The van der Waals surface area contributed by atoms with Crippen LogP contribution in [0.3, 0.4) is 0 Å². The summed E-state index contributed by atoms with van der Waals surface area (Å²) in [6.45, 7) is 3.59.